The molecule has 1 aromatic rings. The molecule has 0 aliphatic heterocycles. The molecular formula is C17H22N2O2. The first-order valence-electron chi connectivity index (χ1n) is 7.40. The van der Waals surface area contributed by atoms with Crippen molar-refractivity contribution in [2.75, 3.05) is 6.54 Å². The van der Waals surface area contributed by atoms with Crippen molar-refractivity contribution in [2.45, 2.75) is 44.8 Å². The quantitative estimate of drug-likeness (QED) is 0.718. The van der Waals surface area contributed by atoms with Crippen LogP contribution in [0.2, 0.25) is 0 Å². The lowest BCUT2D eigenvalue weighted by Crippen LogP contribution is -2.45. The Morgan fingerprint density at radius 1 is 1.43 bits per heavy atom. The predicted molar refractivity (Wildman–Crippen MR) is 82.8 cm³/mol. The van der Waals surface area contributed by atoms with E-state index in [4.69, 9.17) is 5.73 Å². The molecule has 1 fully saturated rings. The van der Waals surface area contributed by atoms with Crippen molar-refractivity contribution < 1.29 is 9.90 Å². The molecule has 1 aliphatic rings. The Morgan fingerprint density at radius 3 is 2.86 bits per heavy atom. The van der Waals surface area contributed by atoms with E-state index in [2.05, 4.69) is 17.2 Å². The first kappa shape index (κ1) is 15.6. The Balaban J connectivity index is 2.07. The fourth-order valence-corrected chi connectivity index (χ4v) is 2.62. The third kappa shape index (κ3) is 4.07. The molecule has 0 saturated heterocycles. The van der Waals surface area contributed by atoms with Crippen LogP contribution in [0.25, 0.3) is 0 Å². The van der Waals surface area contributed by atoms with E-state index in [9.17, 15) is 9.90 Å². The molecule has 1 amide bonds. The monoisotopic (exact) mass is 286 g/mol. The molecule has 0 bridgehead atoms. The predicted octanol–water partition coefficient (Wildman–Crippen LogP) is 1.34. The molecule has 0 radical (unpaired) electrons. The van der Waals surface area contributed by atoms with E-state index in [0.717, 1.165) is 36.8 Å². The fourth-order valence-electron chi connectivity index (χ4n) is 2.62. The Hall–Kier alpha value is -1.83. The van der Waals surface area contributed by atoms with Crippen LogP contribution >= 0.6 is 0 Å². The highest BCUT2D eigenvalue weighted by molar-refractivity contribution is 5.94. The van der Waals surface area contributed by atoms with Crippen molar-refractivity contribution in [3.8, 4) is 11.8 Å². The number of hydrogen-bond acceptors (Lipinski definition) is 3. The first-order chi connectivity index (χ1) is 10.1. The van der Waals surface area contributed by atoms with E-state index in [1.165, 1.54) is 0 Å². The zero-order chi connectivity index (χ0) is 15.2. The van der Waals surface area contributed by atoms with Gasteiger partial charge >= 0.3 is 0 Å². The van der Waals surface area contributed by atoms with Gasteiger partial charge in [-0.05, 0) is 43.5 Å². The summed E-state index contributed by atoms with van der Waals surface area (Å²) in [5.74, 6) is 5.65. The van der Waals surface area contributed by atoms with E-state index in [0.29, 0.717) is 12.1 Å². The van der Waals surface area contributed by atoms with E-state index < -0.39 is 6.10 Å². The zero-order valence-corrected chi connectivity index (χ0v) is 12.4. The van der Waals surface area contributed by atoms with Gasteiger partial charge in [-0.1, -0.05) is 24.7 Å². The van der Waals surface area contributed by atoms with Crippen molar-refractivity contribution in [3.05, 3.63) is 34.9 Å². The van der Waals surface area contributed by atoms with E-state index >= 15 is 0 Å². The summed E-state index contributed by atoms with van der Waals surface area (Å²) >= 11 is 0. The van der Waals surface area contributed by atoms with Gasteiger partial charge in [0.05, 0.1) is 18.7 Å². The summed E-state index contributed by atoms with van der Waals surface area (Å²) in [5.41, 5.74) is 7.80. The molecule has 0 heterocycles. The van der Waals surface area contributed by atoms with Gasteiger partial charge in [-0.3, -0.25) is 4.79 Å². The highest BCUT2D eigenvalue weighted by Gasteiger charge is 2.24. The second-order valence-electron chi connectivity index (χ2n) is 5.47. The largest absolute Gasteiger partial charge is 0.391 e. The number of benzene rings is 1. The van der Waals surface area contributed by atoms with Gasteiger partial charge in [0.25, 0.3) is 5.91 Å². The summed E-state index contributed by atoms with van der Waals surface area (Å²) < 4.78 is 0. The Bertz CT molecular complexity index is 572. The summed E-state index contributed by atoms with van der Waals surface area (Å²) in [6.45, 7) is 2.24. The van der Waals surface area contributed by atoms with Gasteiger partial charge < -0.3 is 16.2 Å². The highest BCUT2D eigenvalue weighted by Crippen LogP contribution is 2.19. The average Bonchev–Trinajstić information content (AvgIpc) is 2.48. The highest BCUT2D eigenvalue weighted by atomic mass is 16.3. The SMILES string of the molecule is Cc1cc(C(=O)NC2CCCCC2O)ccc1C#CCN. The molecule has 4 heteroatoms. The van der Waals surface area contributed by atoms with Gasteiger partial charge in [0.1, 0.15) is 0 Å². The number of nitrogens with two attached hydrogens (primary N) is 1. The molecule has 0 aromatic heterocycles. The van der Waals surface area contributed by atoms with Crippen LogP contribution in [0, 0.1) is 18.8 Å². The number of carbonyl (C=O) groups is 1. The van der Waals surface area contributed by atoms with Gasteiger partial charge in [0, 0.05) is 11.1 Å². The third-order valence-electron chi connectivity index (χ3n) is 3.86. The molecule has 112 valence electrons. The average molecular weight is 286 g/mol. The van der Waals surface area contributed by atoms with Crippen molar-refractivity contribution >= 4 is 5.91 Å². The zero-order valence-electron chi connectivity index (χ0n) is 12.4. The maximum atomic E-state index is 12.3. The molecule has 4 nitrogen and oxygen atoms in total. The lowest BCUT2D eigenvalue weighted by atomic mass is 9.92. The van der Waals surface area contributed by atoms with E-state index in [-0.39, 0.29) is 11.9 Å². The van der Waals surface area contributed by atoms with Gasteiger partial charge in [0.15, 0.2) is 0 Å². The minimum atomic E-state index is -0.432. The number of nitrogens with one attached hydrogen (secondary N) is 1. The van der Waals surface area contributed by atoms with Crippen LogP contribution in [0.5, 0.6) is 0 Å². The molecule has 2 unspecified atom stereocenters. The number of rotatable bonds is 2. The third-order valence-corrected chi connectivity index (χ3v) is 3.86. The molecule has 2 atom stereocenters. The van der Waals surface area contributed by atoms with Crippen LogP contribution in [0.4, 0.5) is 0 Å². The molecule has 1 saturated carbocycles. The van der Waals surface area contributed by atoms with E-state index in [1.54, 1.807) is 6.07 Å². The Morgan fingerprint density at radius 2 is 2.19 bits per heavy atom. The number of aliphatic hydroxyl groups excluding tert-OH is 1. The van der Waals surface area contributed by atoms with Crippen LogP contribution in [0.1, 0.15) is 47.2 Å². The van der Waals surface area contributed by atoms with Crippen molar-refractivity contribution in [1.82, 2.24) is 5.32 Å². The number of aryl methyl sites for hydroxylation is 1. The van der Waals surface area contributed by atoms with E-state index in [1.807, 2.05) is 19.1 Å². The van der Waals surface area contributed by atoms with Gasteiger partial charge in [-0.2, -0.15) is 0 Å². The molecule has 21 heavy (non-hydrogen) atoms. The molecular weight excluding hydrogens is 264 g/mol. The summed E-state index contributed by atoms with van der Waals surface area (Å²) in [7, 11) is 0. The topological polar surface area (TPSA) is 75.3 Å². The molecule has 1 aromatic carbocycles. The smallest absolute Gasteiger partial charge is 0.251 e. The lowest BCUT2D eigenvalue weighted by Gasteiger charge is -2.28. The van der Waals surface area contributed by atoms with Crippen LogP contribution in [0.15, 0.2) is 18.2 Å². The minimum Gasteiger partial charge on any atom is -0.391 e. The van der Waals surface area contributed by atoms with Crippen LogP contribution < -0.4 is 11.1 Å². The van der Waals surface area contributed by atoms with Crippen molar-refractivity contribution in [1.29, 1.82) is 0 Å². The summed E-state index contributed by atoms with van der Waals surface area (Å²) in [6, 6.07) is 5.29. The number of aliphatic hydroxyl groups is 1. The number of amides is 1. The van der Waals surface area contributed by atoms with Gasteiger partial charge in [0.2, 0.25) is 0 Å². The maximum absolute atomic E-state index is 12.3. The van der Waals surface area contributed by atoms with Crippen LogP contribution in [0.3, 0.4) is 0 Å². The Labute approximate surface area is 125 Å². The fraction of sp³-hybridized carbons (Fsp3) is 0.471. The van der Waals surface area contributed by atoms with Gasteiger partial charge in [-0.25, -0.2) is 0 Å². The summed E-state index contributed by atoms with van der Waals surface area (Å²) in [5, 5.41) is 12.8. The maximum Gasteiger partial charge on any atom is 0.251 e. The molecule has 0 spiro atoms. The summed E-state index contributed by atoms with van der Waals surface area (Å²) in [4.78, 5) is 12.3. The molecule has 2 rings (SSSR count). The summed E-state index contributed by atoms with van der Waals surface area (Å²) in [6.07, 6.45) is 3.25. The number of carbonyl (C=O) groups excluding carboxylic acids is 1. The van der Waals surface area contributed by atoms with Crippen molar-refractivity contribution in [2.24, 2.45) is 5.73 Å². The molecule has 1 aliphatic carbocycles. The van der Waals surface area contributed by atoms with Gasteiger partial charge in [-0.15, -0.1) is 0 Å². The normalized spacial score (nSPS) is 21.3. The standard InChI is InChI=1S/C17H22N2O2/c1-12-11-14(9-8-13(12)5-4-10-18)17(21)19-15-6-2-3-7-16(15)20/h8-9,11,15-16,20H,2-3,6-7,10,18H2,1H3,(H,19,21). The number of hydrogen-bond donors (Lipinski definition) is 3. The van der Waals surface area contributed by atoms with Crippen LogP contribution in [-0.2, 0) is 0 Å². The minimum absolute atomic E-state index is 0.136. The second kappa shape index (κ2) is 7.26. The van der Waals surface area contributed by atoms with Crippen LogP contribution in [-0.4, -0.2) is 29.7 Å². The molecule has 4 N–H and O–H groups in total. The van der Waals surface area contributed by atoms with Crippen molar-refractivity contribution in [3.63, 3.8) is 0 Å². The Kier molecular flexibility index (Phi) is 5.38. The lowest BCUT2D eigenvalue weighted by molar-refractivity contribution is 0.0717. The second-order valence-corrected chi connectivity index (χ2v) is 5.47. The first-order valence-corrected chi connectivity index (χ1v) is 7.40.